The van der Waals surface area contributed by atoms with E-state index in [1.54, 1.807) is 16.7 Å². The fourth-order valence-corrected chi connectivity index (χ4v) is 2.05. The third-order valence-corrected chi connectivity index (χ3v) is 3.03. The molecule has 5 nitrogen and oxygen atoms in total. The molecule has 0 bridgehead atoms. The van der Waals surface area contributed by atoms with Gasteiger partial charge in [0, 0.05) is 26.6 Å². The molecule has 1 unspecified atom stereocenters. The lowest BCUT2D eigenvalue weighted by Gasteiger charge is -2.41. The maximum atomic E-state index is 12.1. The number of piperazine rings is 1. The lowest BCUT2D eigenvalue weighted by atomic mass is 10.1. The number of ether oxygens (including phenoxy) is 1. The molecule has 0 aromatic heterocycles. The largest absolute Gasteiger partial charge is 0.444 e. The van der Waals surface area contributed by atoms with Gasteiger partial charge in [0.2, 0.25) is 5.91 Å². The molecule has 0 radical (unpaired) electrons. The standard InChI is InChI=1S/C13H24N2O3/c1-6-11-9-14(10(2)16)7-8-15(11)12(17)18-13(3,4)5/h11H,6-9H2,1-5H3. The smallest absolute Gasteiger partial charge is 0.410 e. The number of rotatable bonds is 1. The Morgan fingerprint density at radius 3 is 2.33 bits per heavy atom. The first-order chi connectivity index (χ1) is 8.24. The van der Waals surface area contributed by atoms with Gasteiger partial charge in [-0.15, -0.1) is 0 Å². The van der Waals surface area contributed by atoms with E-state index < -0.39 is 5.60 Å². The zero-order chi connectivity index (χ0) is 13.9. The molecule has 1 atom stereocenters. The molecule has 18 heavy (non-hydrogen) atoms. The van der Waals surface area contributed by atoms with Crippen LogP contribution in [0.25, 0.3) is 0 Å². The molecule has 0 saturated carbocycles. The lowest BCUT2D eigenvalue weighted by Crippen LogP contribution is -2.56. The van der Waals surface area contributed by atoms with E-state index in [-0.39, 0.29) is 18.0 Å². The highest BCUT2D eigenvalue weighted by Gasteiger charge is 2.32. The molecule has 1 saturated heterocycles. The highest BCUT2D eigenvalue weighted by Crippen LogP contribution is 2.17. The Kier molecular flexibility index (Phi) is 4.59. The van der Waals surface area contributed by atoms with Crippen molar-refractivity contribution >= 4 is 12.0 Å². The Balaban J connectivity index is 2.67. The average molecular weight is 256 g/mol. The van der Waals surface area contributed by atoms with Gasteiger partial charge >= 0.3 is 6.09 Å². The number of carbonyl (C=O) groups is 2. The van der Waals surface area contributed by atoms with Crippen LogP contribution in [0.15, 0.2) is 0 Å². The molecular formula is C13H24N2O3. The first kappa shape index (κ1) is 14.8. The van der Waals surface area contributed by atoms with Crippen LogP contribution in [0.2, 0.25) is 0 Å². The molecule has 1 aliphatic rings. The Bertz CT molecular complexity index is 323. The number of carbonyl (C=O) groups excluding carboxylic acids is 2. The topological polar surface area (TPSA) is 49.9 Å². The summed E-state index contributed by atoms with van der Waals surface area (Å²) in [7, 11) is 0. The van der Waals surface area contributed by atoms with Crippen molar-refractivity contribution in [1.82, 2.24) is 9.80 Å². The molecule has 1 heterocycles. The summed E-state index contributed by atoms with van der Waals surface area (Å²) in [5.41, 5.74) is -0.479. The minimum absolute atomic E-state index is 0.0532. The van der Waals surface area contributed by atoms with Gasteiger partial charge in [0.25, 0.3) is 0 Å². The van der Waals surface area contributed by atoms with Gasteiger partial charge in [0.05, 0.1) is 6.04 Å². The summed E-state index contributed by atoms with van der Waals surface area (Å²) in [6, 6.07) is 0.0532. The van der Waals surface area contributed by atoms with Crippen LogP contribution in [0.5, 0.6) is 0 Å². The maximum Gasteiger partial charge on any atom is 0.410 e. The van der Waals surface area contributed by atoms with Gasteiger partial charge in [-0.25, -0.2) is 4.79 Å². The fourth-order valence-electron chi connectivity index (χ4n) is 2.05. The van der Waals surface area contributed by atoms with Gasteiger partial charge < -0.3 is 14.5 Å². The SMILES string of the molecule is CCC1CN(C(C)=O)CCN1C(=O)OC(C)(C)C. The second-order valence-corrected chi connectivity index (χ2v) is 5.70. The number of hydrogen-bond donors (Lipinski definition) is 0. The summed E-state index contributed by atoms with van der Waals surface area (Å²) in [5, 5.41) is 0. The summed E-state index contributed by atoms with van der Waals surface area (Å²) >= 11 is 0. The molecule has 0 aromatic carbocycles. The molecule has 0 aliphatic carbocycles. The zero-order valence-electron chi connectivity index (χ0n) is 12.0. The second kappa shape index (κ2) is 5.59. The summed E-state index contributed by atoms with van der Waals surface area (Å²) in [4.78, 5) is 26.9. The lowest BCUT2D eigenvalue weighted by molar-refractivity contribution is -0.131. The second-order valence-electron chi connectivity index (χ2n) is 5.70. The molecule has 5 heteroatoms. The van der Waals surface area contributed by atoms with Crippen molar-refractivity contribution in [3.05, 3.63) is 0 Å². The minimum atomic E-state index is -0.479. The summed E-state index contributed by atoms with van der Waals surface area (Å²) in [6.07, 6.45) is 0.542. The maximum absolute atomic E-state index is 12.1. The van der Waals surface area contributed by atoms with Gasteiger partial charge in [-0.3, -0.25) is 4.79 Å². The third-order valence-electron chi connectivity index (χ3n) is 3.03. The zero-order valence-corrected chi connectivity index (χ0v) is 12.0. The summed E-state index contributed by atoms with van der Waals surface area (Å²) in [6.45, 7) is 10.9. The van der Waals surface area contributed by atoms with Crippen LogP contribution < -0.4 is 0 Å². The van der Waals surface area contributed by atoms with Gasteiger partial charge in [-0.2, -0.15) is 0 Å². The molecule has 1 fully saturated rings. The van der Waals surface area contributed by atoms with Crippen LogP contribution in [-0.4, -0.2) is 53.1 Å². The molecule has 0 aromatic rings. The van der Waals surface area contributed by atoms with Gasteiger partial charge in [-0.1, -0.05) is 6.92 Å². The van der Waals surface area contributed by atoms with E-state index >= 15 is 0 Å². The monoisotopic (exact) mass is 256 g/mol. The first-order valence-corrected chi connectivity index (χ1v) is 6.49. The number of amides is 2. The van der Waals surface area contributed by atoms with Crippen LogP contribution in [0.4, 0.5) is 4.79 Å². The fraction of sp³-hybridized carbons (Fsp3) is 0.846. The molecule has 0 spiro atoms. The van der Waals surface area contributed by atoms with E-state index in [0.717, 1.165) is 6.42 Å². The van der Waals surface area contributed by atoms with Crippen LogP contribution >= 0.6 is 0 Å². The normalized spacial score (nSPS) is 20.8. The predicted octanol–water partition coefficient (Wildman–Crippen LogP) is 1.86. The van der Waals surface area contributed by atoms with Crippen molar-refractivity contribution in [2.75, 3.05) is 19.6 Å². The number of hydrogen-bond acceptors (Lipinski definition) is 3. The van der Waals surface area contributed by atoms with Crippen molar-refractivity contribution in [2.24, 2.45) is 0 Å². The van der Waals surface area contributed by atoms with E-state index in [9.17, 15) is 9.59 Å². The number of nitrogens with zero attached hydrogens (tertiary/aromatic N) is 2. The summed E-state index contributed by atoms with van der Waals surface area (Å²) < 4.78 is 5.39. The average Bonchev–Trinajstić information content (AvgIpc) is 2.25. The first-order valence-electron chi connectivity index (χ1n) is 6.49. The minimum Gasteiger partial charge on any atom is -0.444 e. The summed E-state index contributed by atoms with van der Waals surface area (Å²) in [5.74, 6) is 0.0669. The van der Waals surface area contributed by atoms with Crippen LogP contribution in [0, 0.1) is 0 Å². The molecule has 104 valence electrons. The van der Waals surface area contributed by atoms with Crippen molar-refractivity contribution in [3.8, 4) is 0 Å². The molecule has 0 N–H and O–H groups in total. The van der Waals surface area contributed by atoms with Crippen LogP contribution in [-0.2, 0) is 9.53 Å². The molecule has 1 rings (SSSR count). The van der Waals surface area contributed by atoms with E-state index in [1.165, 1.54) is 0 Å². The van der Waals surface area contributed by atoms with E-state index in [0.29, 0.717) is 19.6 Å². The molecular weight excluding hydrogens is 232 g/mol. The van der Waals surface area contributed by atoms with Gasteiger partial charge in [0.15, 0.2) is 0 Å². The van der Waals surface area contributed by atoms with E-state index in [4.69, 9.17) is 4.74 Å². The van der Waals surface area contributed by atoms with Crippen LogP contribution in [0.3, 0.4) is 0 Å². The Morgan fingerprint density at radius 1 is 1.28 bits per heavy atom. The van der Waals surface area contributed by atoms with E-state index in [2.05, 4.69) is 0 Å². The Morgan fingerprint density at radius 2 is 1.89 bits per heavy atom. The quantitative estimate of drug-likeness (QED) is 0.719. The molecule has 1 aliphatic heterocycles. The van der Waals surface area contributed by atoms with Gasteiger partial charge in [0.1, 0.15) is 5.60 Å². The van der Waals surface area contributed by atoms with Crippen molar-refractivity contribution in [1.29, 1.82) is 0 Å². The van der Waals surface area contributed by atoms with Gasteiger partial charge in [-0.05, 0) is 27.2 Å². The third kappa shape index (κ3) is 3.89. The Labute approximate surface area is 109 Å². The Hall–Kier alpha value is -1.26. The van der Waals surface area contributed by atoms with Crippen molar-refractivity contribution in [2.45, 2.75) is 52.7 Å². The van der Waals surface area contributed by atoms with Crippen LogP contribution in [0.1, 0.15) is 41.0 Å². The predicted molar refractivity (Wildman–Crippen MR) is 69.3 cm³/mol. The highest BCUT2D eigenvalue weighted by molar-refractivity contribution is 5.74. The van der Waals surface area contributed by atoms with Crippen molar-refractivity contribution < 1.29 is 14.3 Å². The van der Waals surface area contributed by atoms with E-state index in [1.807, 2.05) is 27.7 Å². The highest BCUT2D eigenvalue weighted by atomic mass is 16.6. The van der Waals surface area contributed by atoms with Crippen molar-refractivity contribution in [3.63, 3.8) is 0 Å². The molecule has 2 amide bonds.